The van der Waals surface area contributed by atoms with E-state index in [1.165, 1.54) is 5.56 Å². The van der Waals surface area contributed by atoms with Gasteiger partial charge in [-0.25, -0.2) is 0 Å². The van der Waals surface area contributed by atoms with Crippen LogP contribution < -0.4 is 4.74 Å². The number of ether oxygens (including phenoxy) is 1. The van der Waals surface area contributed by atoms with Crippen molar-refractivity contribution in [3.63, 3.8) is 0 Å². The van der Waals surface area contributed by atoms with Gasteiger partial charge in [0, 0.05) is 10.6 Å². The second-order valence-electron chi connectivity index (χ2n) is 4.74. The second-order valence-corrected chi connectivity index (χ2v) is 5.18. The lowest BCUT2D eigenvalue weighted by atomic mass is 9.96. The molecular formula is C16H15ClO2. The Hall–Kier alpha value is -1.51. The number of aliphatic hydroxyl groups excluding tert-OH is 1. The van der Waals surface area contributed by atoms with Gasteiger partial charge in [0.2, 0.25) is 0 Å². The Bertz CT molecular complexity index is 578. The van der Waals surface area contributed by atoms with Crippen LogP contribution in [0.1, 0.15) is 29.2 Å². The molecule has 0 saturated carbocycles. The van der Waals surface area contributed by atoms with E-state index in [4.69, 9.17) is 16.3 Å². The highest BCUT2D eigenvalue weighted by Gasteiger charge is 2.20. The summed E-state index contributed by atoms with van der Waals surface area (Å²) in [5, 5.41) is 11.2. The molecule has 1 aliphatic rings. The molecule has 1 N–H and O–H groups in total. The number of aryl methyl sites for hydroxylation is 1. The molecule has 0 bridgehead atoms. The molecule has 2 aromatic carbocycles. The Kier molecular flexibility index (Phi) is 3.45. The summed E-state index contributed by atoms with van der Waals surface area (Å²) in [6.07, 6.45) is 1.37. The highest BCUT2D eigenvalue weighted by molar-refractivity contribution is 6.30. The monoisotopic (exact) mass is 274 g/mol. The standard InChI is InChI=1S/C16H15ClO2/c17-13-8-6-11(7-9-13)15(18)14-5-1-3-12-4-2-10-19-16(12)14/h1,3,5-9,15,18H,2,4,10H2. The average molecular weight is 275 g/mol. The average Bonchev–Trinajstić information content (AvgIpc) is 2.47. The molecule has 1 heterocycles. The third kappa shape index (κ3) is 2.46. The first kappa shape index (κ1) is 12.5. The zero-order chi connectivity index (χ0) is 13.2. The van der Waals surface area contributed by atoms with Gasteiger partial charge in [-0.3, -0.25) is 0 Å². The molecule has 0 spiro atoms. The number of benzene rings is 2. The SMILES string of the molecule is OC(c1ccc(Cl)cc1)c1cccc2c1OCCC2. The molecule has 0 aliphatic carbocycles. The minimum Gasteiger partial charge on any atom is -0.493 e. The Morgan fingerprint density at radius 2 is 1.89 bits per heavy atom. The molecule has 0 amide bonds. The first-order valence-electron chi connectivity index (χ1n) is 6.44. The maximum absolute atomic E-state index is 10.5. The van der Waals surface area contributed by atoms with E-state index in [9.17, 15) is 5.11 Å². The van der Waals surface area contributed by atoms with Crippen LogP contribution in [0.15, 0.2) is 42.5 Å². The van der Waals surface area contributed by atoms with Crippen molar-refractivity contribution in [1.82, 2.24) is 0 Å². The maximum atomic E-state index is 10.5. The summed E-state index contributed by atoms with van der Waals surface area (Å²) in [5.74, 6) is 0.844. The summed E-state index contributed by atoms with van der Waals surface area (Å²) >= 11 is 5.87. The van der Waals surface area contributed by atoms with E-state index in [-0.39, 0.29) is 0 Å². The number of aliphatic hydroxyl groups is 1. The van der Waals surface area contributed by atoms with E-state index >= 15 is 0 Å². The fraction of sp³-hybridized carbons (Fsp3) is 0.250. The molecule has 0 fully saturated rings. The van der Waals surface area contributed by atoms with Crippen LogP contribution in [0.5, 0.6) is 5.75 Å². The molecule has 0 aromatic heterocycles. The van der Waals surface area contributed by atoms with E-state index in [0.29, 0.717) is 5.02 Å². The van der Waals surface area contributed by atoms with Gasteiger partial charge in [0.15, 0.2) is 0 Å². The van der Waals surface area contributed by atoms with Crippen molar-refractivity contribution in [3.05, 3.63) is 64.2 Å². The van der Waals surface area contributed by atoms with Gasteiger partial charge in [-0.15, -0.1) is 0 Å². The lowest BCUT2D eigenvalue weighted by Gasteiger charge is -2.23. The fourth-order valence-electron chi connectivity index (χ4n) is 2.45. The van der Waals surface area contributed by atoms with Crippen molar-refractivity contribution >= 4 is 11.6 Å². The molecule has 1 unspecified atom stereocenters. The number of para-hydroxylation sites is 1. The predicted octanol–water partition coefficient (Wildman–Crippen LogP) is 3.75. The Labute approximate surface area is 117 Å². The van der Waals surface area contributed by atoms with Crippen LogP contribution in [-0.4, -0.2) is 11.7 Å². The molecule has 3 heteroatoms. The molecule has 0 radical (unpaired) electrons. The van der Waals surface area contributed by atoms with Crippen LogP contribution in [0.25, 0.3) is 0 Å². The minimum atomic E-state index is -0.676. The molecule has 0 saturated heterocycles. The molecule has 98 valence electrons. The van der Waals surface area contributed by atoms with E-state index in [0.717, 1.165) is 36.3 Å². The van der Waals surface area contributed by atoms with E-state index in [2.05, 4.69) is 6.07 Å². The smallest absolute Gasteiger partial charge is 0.128 e. The van der Waals surface area contributed by atoms with Gasteiger partial charge in [-0.1, -0.05) is 41.9 Å². The Morgan fingerprint density at radius 3 is 2.68 bits per heavy atom. The van der Waals surface area contributed by atoms with Crippen LogP contribution in [0.3, 0.4) is 0 Å². The lowest BCUT2D eigenvalue weighted by molar-refractivity contribution is 0.206. The topological polar surface area (TPSA) is 29.5 Å². The minimum absolute atomic E-state index is 0.669. The summed E-state index contributed by atoms with van der Waals surface area (Å²) in [5.41, 5.74) is 2.84. The van der Waals surface area contributed by atoms with Crippen molar-refractivity contribution in [3.8, 4) is 5.75 Å². The summed E-state index contributed by atoms with van der Waals surface area (Å²) in [6, 6.07) is 13.2. The highest BCUT2D eigenvalue weighted by atomic mass is 35.5. The van der Waals surface area contributed by atoms with Crippen LogP contribution >= 0.6 is 11.6 Å². The summed E-state index contributed by atoms with van der Waals surface area (Å²) in [6.45, 7) is 0.720. The molecule has 19 heavy (non-hydrogen) atoms. The molecule has 1 atom stereocenters. The largest absolute Gasteiger partial charge is 0.493 e. The molecule has 1 aliphatic heterocycles. The van der Waals surface area contributed by atoms with Gasteiger partial charge in [-0.2, -0.15) is 0 Å². The molecular weight excluding hydrogens is 260 g/mol. The van der Waals surface area contributed by atoms with E-state index in [1.807, 2.05) is 24.3 Å². The zero-order valence-corrected chi connectivity index (χ0v) is 11.2. The number of fused-ring (bicyclic) bond motifs is 1. The fourth-order valence-corrected chi connectivity index (χ4v) is 2.58. The van der Waals surface area contributed by atoms with E-state index < -0.39 is 6.10 Å². The summed E-state index contributed by atoms with van der Waals surface area (Å²) in [7, 11) is 0. The van der Waals surface area contributed by atoms with Gasteiger partial charge in [0.05, 0.1) is 6.61 Å². The first-order chi connectivity index (χ1) is 9.25. The molecule has 2 aromatic rings. The second kappa shape index (κ2) is 5.24. The maximum Gasteiger partial charge on any atom is 0.128 e. The van der Waals surface area contributed by atoms with Gasteiger partial charge >= 0.3 is 0 Å². The van der Waals surface area contributed by atoms with Gasteiger partial charge < -0.3 is 9.84 Å². The molecule has 2 nitrogen and oxygen atoms in total. The van der Waals surface area contributed by atoms with E-state index in [1.54, 1.807) is 12.1 Å². The van der Waals surface area contributed by atoms with Gasteiger partial charge in [-0.05, 0) is 36.1 Å². The number of hydrogen-bond acceptors (Lipinski definition) is 2. The predicted molar refractivity (Wildman–Crippen MR) is 75.8 cm³/mol. The third-order valence-electron chi connectivity index (χ3n) is 3.44. The first-order valence-corrected chi connectivity index (χ1v) is 6.81. The quantitative estimate of drug-likeness (QED) is 0.904. The van der Waals surface area contributed by atoms with Crippen LogP contribution in [0, 0.1) is 0 Å². The van der Waals surface area contributed by atoms with Crippen LogP contribution in [-0.2, 0) is 6.42 Å². The van der Waals surface area contributed by atoms with Crippen LogP contribution in [0.2, 0.25) is 5.02 Å². The molecule has 3 rings (SSSR count). The van der Waals surface area contributed by atoms with Gasteiger partial charge in [0.25, 0.3) is 0 Å². The van der Waals surface area contributed by atoms with Crippen molar-refractivity contribution in [2.24, 2.45) is 0 Å². The van der Waals surface area contributed by atoms with Crippen LogP contribution in [0.4, 0.5) is 0 Å². The normalized spacial score (nSPS) is 15.5. The number of hydrogen-bond donors (Lipinski definition) is 1. The van der Waals surface area contributed by atoms with Crippen molar-refractivity contribution in [2.75, 3.05) is 6.61 Å². The zero-order valence-electron chi connectivity index (χ0n) is 10.5. The highest BCUT2D eigenvalue weighted by Crippen LogP contribution is 2.35. The number of rotatable bonds is 2. The van der Waals surface area contributed by atoms with Crippen molar-refractivity contribution in [2.45, 2.75) is 18.9 Å². The summed E-state index contributed by atoms with van der Waals surface area (Å²) < 4.78 is 5.73. The summed E-state index contributed by atoms with van der Waals surface area (Å²) in [4.78, 5) is 0. The lowest BCUT2D eigenvalue weighted by Crippen LogP contribution is -2.12. The Morgan fingerprint density at radius 1 is 1.11 bits per heavy atom. The number of halogens is 1. The van der Waals surface area contributed by atoms with Crippen molar-refractivity contribution in [1.29, 1.82) is 0 Å². The van der Waals surface area contributed by atoms with Gasteiger partial charge in [0.1, 0.15) is 11.9 Å². The third-order valence-corrected chi connectivity index (χ3v) is 3.70. The van der Waals surface area contributed by atoms with Crippen molar-refractivity contribution < 1.29 is 9.84 Å². The Balaban J connectivity index is 1.99.